The van der Waals surface area contributed by atoms with Crippen LogP contribution in [0.5, 0.6) is 11.5 Å². The average Bonchev–Trinajstić information content (AvgIpc) is 2.41. The van der Waals surface area contributed by atoms with Gasteiger partial charge in [0, 0.05) is 11.6 Å². The molecular formula is C14H13ClFNO2. The van der Waals surface area contributed by atoms with Crippen LogP contribution in [0.15, 0.2) is 36.4 Å². The third-order valence-electron chi connectivity index (χ3n) is 2.63. The molecule has 19 heavy (non-hydrogen) atoms. The number of ether oxygens (including phenoxy) is 2. The minimum Gasteiger partial charge on any atom is -0.497 e. The van der Waals surface area contributed by atoms with Gasteiger partial charge in [-0.05, 0) is 18.2 Å². The Morgan fingerprint density at radius 1 is 1.26 bits per heavy atom. The van der Waals surface area contributed by atoms with E-state index in [-0.39, 0.29) is 11.6 Å². The first-order chi connectivity index (χ1) is 9.11. The lowest BCUT2D eigenvalue weighted by molar-refractivity contribution is 0.301. The molecule has 100 valence electrons. The van der Waals surface area contributed by atoms with Crippen molar-refractivity contribution in [2.75, 3.05) is 12.8 Å². The molecule has 2 aromatic rings. The molecule has 2 aromatic carbocycles. The summed E-state index contributed by atoms with van der Waals surface area (Å²) < 4.78 is 24.2. The number of benzene rings is 2. The van der Waals surface area contributed by atoms with E-state index in [2.05, 4.69) is 0 Å². The van der Waals surface area contributed by atoms with Crippen LogP contribution in [0.25, 0.3) is 0 Å². The van der Waals surface area contributed by atoms with Crippen LogP contribution in [0.1, 0.15) is 5.56 Å². The number of nitrogens with two attached hydrogens (primary N) is 1. The van der Waals surface area contributed by atoms with Gasteiger partial charge in [0.15, 0.2) is 0 Å². The third-order valence-corrected chi connectivity index (χ3v) is 2.92. The highest BCUT2D eigenvalue weighted by Crippen LogP contribution is 2.27. The van der Waals surface area contributed by atoms with Gasteiger partial charge in [-0.3, -0.25) is 0 Å². The summed E-state index contributed by atoms with van der Waals surface area (Å²) >= 11 is 5.69. The molecule has 0 saturated heterocycles. The van der Waals surface area contributed by atoms with Crippen LogP contribution in [0.2, 0.25) is 5.02 Å². The normalized spacial score (nSPS) is 10.3. The first kappa shape index (κ1) is 13.5. The maximum atomic E-state index is 13.7. The molecule has 0 saturated carbocycles. The highest BCUT2D eigenvalue weighted by molar-refractivity contribution is 6.30. The van der Waals surface area contributed by atoms with E-state index in [4.69, 9.17) is 26.8 Å². The van der Waals surface area contributed by atoms with Crippen molar-refractivity contribution >= 4 is 17.3 Å². The van der Waals surface area contributed by atoms with Crippen LogP contribution in [-0.2, 0) is 6.61 Å². The lowest BCUT2D eigenvalue weighted by Gasteiger charge is -2.11. The van der Waals surface area contributed by atoms with Crippen molar-refractivity contribution in [2.24, 2.45) is 0 Å². The molecule has 0 radical (unpaired) electrons. The SMILES string of the molecule is COc1ccc(OCc2cccc(Cl)c2F)c(N)c1. The molecule has 0 amide bonds. The second kappa shape index (κ2) is 5.80. The van der Waals surface area contributed by atoms with Gasteiger partial charge in [0.2, 0.25) is 0 Å². The lowest BCUT2D eigenvalue weighted by atomic mass is 10.2. The maximum absolute atomic E-state index is 13.7. The zero-order chi connectivity index (χ0) is 13.8. The van der Waals surface area contributed by atoms with Crippen LogP contribution >= 0.6 is 11.6 Å². The molecule has 2 rings (SSSR count). The Morgan fingerprint density at radius 3 is 2.74 bits per heavy atom. The van der Waals surface area contributed by atoms with Gasteiger partial charge in [0.25, 0.3) is 0 Å². The third kappa shape index (κ3) is 3.09. The number of halogens is 2. The van der Waals surface area contributed by atoms with Crippen LogP contribution in [0.3, 0.4) is 0 Å². The highest BCUT2D eigenvalue weighted by atomic mass is 35.5. The number of nitrogen functional groups attached to an aromatic ring is 1. The monoisotopic (exact) mass is 281 g/mol. The number of hydrogen-bond donors (Lipinski definition) is 1. The van der Waals surface area contributed by atoms with Gasteiger partial charge in [0.05, 0.1) is 17.8 Å². The Kier molecular flexibility index (Phi) is 4.12. The van der Waals surface area contributed by atoms with Crippen molar-refractivity contribution in [3.05, 3.63) is 52.8 Å². The van der Waals surface area contributed by atoms with Gasteiger partial charge in [-0.1, -0.05) is 23.7 Å². The summed E-state index contributed by atoms with van der Waals surface area (Å²) in [5.74, 6) is 0.634. The number of rotatable bonds is 4. The quantitative estimate of drug-likeness (QED) is 0.870. The van der Waals surface area contributed by atoms with Gasteiger partial charge in [-0.25, -0.2) is 4.39 Å². The molecule has 5 heteroatoms. The molecule has 0 heterocycles. The molecule has 2 N–H and O–H groups in total. The largest absolute Gasteiger partial charge is 0.497 e. The summed E-state index contributed by atoms with van der Waals surface area (Å²) in [6, 6.07) is 9.81. The molecule has 0 aliphatic rings. The Hall–Kier alpha value is -1.94. The highest BCUT2D eigenvalue weighted by Gasteiger charge is 2.08. The van der Waals surface area contributed by atoms with E-state index in [1.807, 2.05) is 0 Å². The van der Waals surface area contributed by atoms with Crippen molar-refractivity contribution in [1.82, 2.24) is 0 Å². The van der Waals surface area contributed by atoms with Gasteiger partial charge in [0.1, 0.15) is 23.9 Å². The Labute approximate surface area is 115 Å². The Bertz CT molecular complexity index is 590. The molecule has 0 aromatic heterocycles. The fraction of sp³-hybridized carbons (Fsp3) is 0.143. The van der Waals surface area contributed by atoms with Crippen molar-refractivity contribution in [3.8, 4) is 11.5 Å². The van der Waals surface area contributed by atoms with Crippen LogP contribution in [0, 0.1) is 5.82 Å². The van der Waals surface area contributed by atoms with Crippen molar-refractivity contribution in [1.29, 1.82) is 0 Å². The van der Waals surface area contributed by atoms with Crippen LogP contribution in [0.4, 0.5) is 10.1 Å². The Morgan fingerprint density at radius 2 is 2.05 bits per heavy atom. The fourth-order valence-corrected chi connectivity index (χ4v) is 1.79. The van der Waals surface area contributed by atoms with E-state index >= 15 is 0 Å². The molecule has 0 bridgehead atoms. The fourth-order valence-electron chi connectivity index (χ4n) is 1.60. The summed E-state index contributed by atoms with van der Waals surface area (Å²) in [6.45, 7) is 0.0585. The van der Waals surface area contributed by atoms with Crippen LogP contribution < -0.4 is 15.2 Å². The maximum Gasteiger partial charge on any atom is 0.148 e. The first-order valence-electron chi connectivity index (χ1n) is 5.61. The topological polar surface area (TPSA) is 44.5 Å². The molecular weight excluding hydrogens is 269 g/mol. The molecule has 0 unspecified atom stereocenters. The van der Waals surface area contributed by atoms with E-state index in [1.54, 1.807) is 37.4 Å². The molecule has 3 nitrogen and oxygen atoms in total. The van der Waals surface area contributed by atoms with Crippen molar-refractivity contribution < 1.29 is 13.9 Å². The second-order valence-corrected chi connectivity index (χ2v) is 4.31. The van der Waals surface area contributed by atoms with Gasteiger partial charge in [-0.2, -0.15) is 0 Å². The van der Waals surface area contributed by atoms with Crippen molar-refractivity contribution in [2.45, 2.75) is 6.61 Å². The molecule has 0 atom stereocenters. The predicted octanol–water partition coefficient (Wildman–Crippen LogP) is 3.65. The molecule has 0 aliphatic heterocycles. The van der Waals surface area contributed by atoms with E-state index < -0.39 is 5.82 Å². The summed E-state index contributed by atoms with van der Waals surface area (Å²) in [7, 11) is 1.55. The van der Waals surface area contributed by atoms with E-state index in [9.17, 15) is 4.39 Å². The summed E-state index contributed by atoms with van der Waals surface area (Å²) in [6.07, 6.45) is 0. The predicted molar refractivity (Wildman–Crippen MR) is 73.1 cm³/mol. The Balaban J connectivity index is 2.12. The van der Waals surface area contributed by atoms with E-state index in [1.165, 1.54) is 6.07 Å². The second-order valence-electron chi connectivity index (χ2n) is 3.91. The first-order valence-corrected chi connectivity index (χ1v) is 5.99. The lowest BCUT2D eigenvalue weighted by Crippen LogP contribution is -2.01. The standard InChI is InChI=1S/C14H13ClFNO2/c1-18-10-5-6-13(12(17)7-10)19-8-9-3-2-4-11(15)14(9)16/h2-7H,8,17H2,1H3. The van der Waals surface area contributed by atoms with Crippen molar-refractivity contribution in [3.63, 3.8) is 0 Å². The number of anilines is 1. The van der Waals surface area contributed by atoms with Gasteiger partial charge in [-0.15, -0.1) is 0 Å². The number of methoxy groups -OCH3 is 1. The molecule has 0 spiro atoms. The average molecular weight is 282 g/mol. The van der Waals surface area contributed by atoms with Gasteiger partial charge >= 0.3 is 0 Å². The minimum atomic E-state index is -0.476. The summed E-state index contributed by atoms with van der Waals surface area (Å²) in [5, 5.41) is 0.0730. The minimum absolute atomic E-state index is 0.0585. The molecule has 0 aliphatic carbocycles. The van der Waals surface area contributed by atoms with E-state index in [0.29, 0.717) is 22.7 Å². The molecule has 0 fully saturated rings. The van der Waals surface area contributed by atoms with E-state index in [0.717, 1.165) is 0 Å². The smallest absolute Gasteiger partial charge is 0.148 e. The summed E-state index contributed by atoms with van der Waals surface area (Å²) in [5.41, 5.74) is 6.61. The van der Waals surface area contributed by atoms with Crippen LogP contribution in [-0.4, -0.2) is 7.11 Å². The zero-order valence-electron chi connectivity index (χ0n) is 10.3. The summed E-state index contributed by atoms with van der Waals surface area (Å²) in [4.78, 5) is 0. The zero-order valence-corrected chi connectivity index (χ0v) is 11.1. The number of hydrogen-bond acceptors (Lipinski definition) is 3. The van der Waals surface area contributed by atoms with Gasteiger partial charge < -0.3 is 15.2 Å².